The molecule has 0 amide bonds. The van der Waals surface area contributed by atoms with E-state index in [-0.39, 0.29) is 0 Å². The summed E-state index contributed by atoms with van der Waals surface area (Å²) < 4.78 is 1.87. The van der Waals surface area contributed by atoms with E-state index in [0.717, 1.165) is 30.8 Å². The van der Waals surface area contributed by atoms with E-state index in [1.54, 1.807) is 0 Å². The second-order valence-electron chi connectivity index (χ2n) is 3.10. The minimum atomic E-state index is 0.339. The first-order valence-corrected chi connectivity index (χ1v) is 4.39. The summed E-state index contributed by atoms with van der Waals surface area (Å²) in [6.07, 6.45) is 2.26. The van der Waals surface area contributed by atoms with E-state index in [4.69, 9.17) is 0 Å². The van der Waals surface area contributed by atoms with Crippen LogP contribution in [0.3, 0.4) is 0 Å². The maximum atomic E-state index is 9.44. The summed E-state index contributed by atoms with van der Waals surface area (Å²) in [6, 6.07) is 0. The molecule has 1 aromatic heterocycles. The van der Waals surface area contributed by atoms with Crippen LogP contribution in [0.4, 0.5) is 0 Å². The Morgan fingerprint density at radius 2 is 2.08 bits per heavy atom. The monoisotopic (exact) mass is 168 g/mol. The second kappa shape index (κ2) is 3.61. The molecular formula is C9H16N2O. The van der Waals surface area contributed by atoms with Crippen molar-refractivity contribution in [3.05, 3.63) is 11.4 Å². The maximum absolute atomic E-state index is 9.44. The van der Waals surface area contributed by atoms with Gasteiger partial charge in [0, 0.05) is 6.54 Å². The molecule has 0 fully saturated rings. The molecule has 0 spiro atoms. The summed E-state index contributed by atoms with van der Waals surface area (Å²) in [4.78, 5) is 0. The van der Waals surface area contributed by atoms with E-state index >= 15 is 0 Å². The highest BCUT2D eigenvalue weighted by atomic mass is 16.3. The smallest absolute Gasteiger partial charge is 0.159 e. The number of nitrogens with zero attached hydrogens (tertiary/aromatic N) is 2. The van der Waals surface area contributed by atoms with Crippen LogP contribution >= 0.6 is 0 Å². The highest BCUT2D eigenvalue weighted by Crippen LogP contribution is 2.19. The quantitative estimate of drug-likeness (QED) is 0.749. The third-order valence-corrected chi connectivity index (χ3v) is 2.07. The lowest BCUT2D eigenvalue weighted by Crippen LogP contribution is -2.01. The molecule has 0 unspecified atom stereocenters. The van der Waals surface area contributed by atoms with Gasteiger partial charge >= 0.3 is 0 Å². The normalized spacial score (nSPS) is 10.6. The van der Waals surface area contributed by atoms with Gasteiger partial charge in [0.15, 0.2) is 5.75 Å². The number of rotatable bonds is 3. The van der Waals surface area contributed by atoms with E-state index in [1.165, 1.54) is 0 Å². The molecule has 68 valence electrons. The van der Waals surface area contributed by atoms with E-state index in [1.807, 2.05) is 18.5 Å². The molecule has 1 aromatic rings. The van der Waals surface area contributed by atoms with Crippen LogP contribution < -0.4 is 0 Å². The first-order chi connectivity index (χ1) is 5.66. The Kier molecular flexibility index (Phi) is 2.74. The Bertz CT molecular complexity index is 266. The fourth-order valence-corrected chi connectivity index (χ4v) is 1.21. The third-order valence-electron chi connectivity index (χ3n) is 2.07. The topological polar surface area (TPSA) is 38.0 Å². The largest absolute Gasteiger partial charge is 0.504 e. The van der Waals surface area contributed by atoms with Crippen LogP contribution in [0.15, 0.2) is 0 Å². The number of hydrogen-bond donors (Lipinski definition) is 1. The maximum Gasteiger partial charge on any atom is 0.159 e. The second-order valence-corrected chi connectivity index (χ2v) is 3.10. The average molecular weight is 168 g/mol. The number of aromatic nitrogens is 2. The van der Waals surface area contributed by atoms with Crippen LogP contribution in [-0.4, -0.2) is 14.9 Å². The van der Waals surface area contributed by atoms with Gasteiger partial charge in [-0.15, -0.1) is 0 Å². The molecule has 0 aromatic carbocycles. The van der Waals surface area contributed by atoms with Crippen molar-refractivity contribution in [1.29, 1.82) is 0 Å². The number of hydrogen-bond acceptors (Lipinski definition) is 2. The van der Waals surface area contributed by atoms with Gasteiger partial charge in [-0.2, -0.15) is 5.10 Å². The van der Waals surface area contributed by atoms with Gasteiger partial charge in [0.05, 0.1) is 5.69 Å². The predicted molar refractivity (Wildman–Crippen MR) is 48.3 cm³/mol. The Hall–Kier alpha value is -0.990. The molecule has 0 saturated heterocycles. The Balaban J connectivity index is 2.79. The Morgan fingerprint density at radius 3 is 2.50 bits per heavy atom. The highest BCUT2D eigenvalue weighted by molar-refractivity contribution is 5.29. The van der Waals surface area contributed by atoms with Crippen LogP contribution in [0.5, 0.6) is 5.75 Å². The average Bonchev–Trinajstić information content (AvgIpc) is 2.30. The zero-order valence-electron chi connectivity index (χ0n) is 7.96. The number of aryl methyl sites for hydroxylation is 2. The van der Waals surface area contributed by atoms with Gasteiger partial charge in [-0.05, 0) is 20.3 Å². The van der Waals surface area contributed by atoms with Crippen molar-refractivity contribution >= 4 is 0 Å². The van der Waals surface area contributed by atoms with Crippen molar-refractivity contribution in [1.82, 2.24) is 9.78 Å². The van der Waals surface area contributed by atoms with E-state index in [0.29, 0.717) is 5.75 Å². The number of unbranched alkanes of at least 4 members (excludes halogenated alkanes) is 1. The zero-order valence-corrected chi connectivity index (χ0v) is 7.96. The van der Waals surface area contributed by atoms with Gasteiger partial charge in [0.2, 0.25) is 0 Å². The van der Waals surface area contributed by atoms with Crippen molar-refractivity contribution in [3.8, 4) is 5.75 Å². The molecular weight excluding hydrogens is 152 g/mol. The molecule has 3 heteroatoms. The van der Waals surface area contributed by atoms with Crippen molar-refractivity contribution in [3.63, 3.8) is 0 Å². The standard InChI is InChI=1S/C9H16N2O/c1-4-5-6-11-8(3)9(12)7(2)10-11/h12H,4-6H2,1-3H3. The number of aromatic hydroxyl groups is 1. The van der Waals surface area contributed by atoms with E-state index < -0.39 is 0 Å². The summed E-state index contributed by atoms with van der Waals surface area (Å²) >= 11 is 0. The van der Waals surface area contributed by atoms with Crippen molar-refractivity contribution in [2.75, 3.05) is 0 Å². The minimum absolute atomic E-state index is 0.339. The zero-order chi connectivity index (χ0) is 9.14. The molecule has 0 aliphatic rings. The van der Waals surface area contributed by atoms with Gasteiger partial charge < -0.3 is 5.11 Å². The minimum Gasteiger partial charge on any atom is -0.504 e. The van der Waals surface area contributed by atoms with Gasteiger partial charge in [-0.25, -0.2) is 0 Å². The van der Waals surface area contributed by atoms with Crippen LogP contribution in [0, 0.1) is 13.8 Å². The molecule has 1 N–H and O–H groups in total. The van der Waals surface area contributed by atoms with Crippen LogP contribution in [0.1, 0.15) is 31.2 Å². The fourth-order valence-electron chi connectivity index (χ4n) is 1.21. The van der Waals surface area contributed by atoms with Crippen molar-refractivity contribution in [2.24, 2.45) is 0 Å². The van der Waals surface area contributed by atoms with Crippen LogP contribution in [0.25, 0.3) is 0 Å². The molecule has 1 heterocycles. The van der Waals surface area contributed by atoms with Crippen LogP contribution in [-0.2, 0) is 6.54 Å². The molecule has 0 aliphatic heterocycles. The predicted octanol–water partition coefficient (Wildman–Crippen LogP) is 2.01. The van der Waals surface area contributed by atoms with Crippen LogP contribution in [0.2, 0.25) is 0 Å². The van der Waals surface area contributed by atoms with Crippen molar-refractivity contribution in [2.45, 2.75) is 40.2 Å². The highest BCUT2D eigenvalue weighted by Gasteiger charge is 2.08. The van der Waals surface area contributed by atoms with E-state index in [9.17, 15) is 5.11 Å². The first-order valence-electron chi connectivity index (χ1n) is 4.39. The van der Waals surface area contributed by atoms with Gasteiger partial charge in [-0.3, -0.25) is 4.68 Å². The lowest BCUT2D eigenvalue weighted by atomic mass is 10.3. The SMILES string of the molecule is CCCCn1nc(C)c(O)c1C. The summed E-state index contributed by atoms with van der Waals surface area (Å²) in [6.45, 7) is 6.77. The summed E-state index contributed by atoms with van der Waals surface area (Å²) in [7, 11) is 0. The van der Waals surface area contributed by atoms with E-state index in [2.05, 4.69) is 12.0 Å². The molecule has 0 aliphatic carbocycles. The van der Waals surface area contributed by atoms with Gasteiger partial charge in [-0.1, -0.05) is 13.3 Å². The molecule has 3 nitrogen and oxygen atoms in total. The molecule has 0 atom stereocenters. The first kappa shape index (κ1) is 9.10. The molecule has 12 heavy (non-hydrogen) atoms. The third kappa shape index (κ3) is 1.60. The lowest BCUT2D eigenvalue weighted by Gasteiger charge is -2.01. The Labute approximate surface area is 73.0 Å². The summed E-state index contributed by atoms with van der Waals surface area (Å²) in [5, 5.41) is 13.7. The molecule has 0 radical (unpaired) electrons. The fraction of sp³-hybridized carbons (Fsp3) is 0.667. The van der Waals surface area contributed by atoms with Gasteiger partial charge in [0.1, 0.15) is 5.69 Å². The Morgan fingerprint density at radius 1 is 1.42 bits per heavy atom. The summed E-state index contributed by atoms with van der Waals surface area (Å²) in [5.41, 5.74) is 1.60. The lowest BCUT2D eigenvalue weighted by molar-refractivity contribution is 0.463. The van der Waals surface area contributed by atoms with Crippen molar-refractivity contribution < 1.29 is 5.11 Å². The molecule has 0 saturated carbocycles. The summed E-state index contributed by atoms with van der Waals surface area (Å²) in [5.74, 6) is 0.339. The molecule has 1 rings (SSSR count). The molecule has 0 bridgehead atoms. The van der Waals surface area contributed by atoms with Gasteiger partial charge in [0.25, 0.3) is 0 Å².